The summed E-state index contributed by atoms with van der Waals surface area (Å²) >= 11 is 0. The van der Waals surface area contributed by atoms with Gasteiger partial charge in [-0.2, -0.15) is 18.2 Å². The van der Waals surface area contributed by atoms with Crippen molar-refractivity contribution in [2.45, 2.75) is 33.1 Å². The summed E-state index contributed by atoms with van der Waals surface area (Å²) in [6.45, 7) is 8.78. The molecule has 0 radical (unpaired) electrons. The van der Waals surface area contributed by atoms with Gasteiger partial charge in [0.05, 0.1) is 5.69 Å². The van der Waals surface area contributed by atoms with E-state index in [2.05, 4.69) is 136 Å². The first-order chi connectivity index (χ1) is 23.3. The number of nitrogens with zero attached hydrogens (tertiary/aromatic N) is 4. The van der Waals surface area contributed by atoms with Gasteiger partial charge in [-0.1, -0.05) is 87.0 Å². The molecule has 5 aromatic carbocycles. The second-order valence-electron chi connectivity index (χ2n) is 13.1. The van der Waals surface area contributed by atoms with Gasteiger partial charge >= 0.3 is 0 Å². The van der Waals surface area contributed by atoms with Gasteiger partial charge in [0.15, 0.2) is 0 Å². The Kier molecular flexibility index (Phi) is 8.56. The first-order valence-corrected chi connectivity index (χ1v) is 16.1. The summed E-state index contributed by atoms with van der Waals surface area (Å²) in [4.78, 5) is 4.79. The Morgan fingerprint density at radius 3 is 2.35 bits per heavy atom. The van der Waals surface area contributed by atoms with Crippen molar-refractivity contribution >= 4 is 21.8 Å². The van der Waals surface area contributed by atoms with Crippen molar-refractivity contribution in [1.82, 2.24) is 14.1 Å². The molecule has 3 heterocycles. The molecule has 0 amide bonds. The van der Waals surface area contributed by atoms with E-state index < -0.39 is 0 Å². The Hall–Kier alpha value is -5.25. The minimum absolute atomic E-state index is 0. The van der Waals surface area contributed by atoms with Crippen molar-refractivity contribution in [2.75, 3.05) is 0 Å². The van der Waals surface area contributed by atoms with Crippen LogP contribution in [0.2, 0.25) is 0 Å². The van der Waals surface area contributed by atoms with Crippen LogP contribution in [0.4, 0.5) is 0 Å². The molecule has 0 aliphatic carbocycles. The molecular formula is C43H34N4OPt-2. The van der Waals surface area contributed by atoms with Crippen LogP contribution < -0.4 is 9.30 Å². The quantitative estimate of drug-likeness (QED) is 0.124. The van der Waals surface area contributed by atoms with Crippen LogP contribution in [0.3, 0.4) is 0 Å². The van der Waals surface area contributed by atoms with Crippen LogP contribution in [0, 0.1) is 25.4 Å². The summed E-state index contributed by atoms with van der Waals surface area (Å²) in [5, 5.41) is 2.24. The Morgan fingerprint density at radius 1 is 0.735 bits per heavy atom. The number of pyridine rings is 1. The molecule has 244 valence electrons. The van der Waals surface area contributed by atoms with Crippen LogP contribution in [0.5, 0.6) is 11.5 Å². The fourth-order valence-corrected chi connectivity index (χ4v) is 6.25. The summed E-state index contributed by atoms with van der Waals surface area (Å²) in [6, 6.07) is 46.5. The smallest absolute Gasteiger partial charge is 0.267 e. The molecule has 0 aliphatic rings. The molecule has 49 heavy (non-hydrogen) atoms. The molecule has 6 heteroatoms. The summed E-state index contributed by atoms with van der Waals surface area (Å²) in [6.07, 6.45) is 9.33. The molecule has 5 nitrogen and oxygen atoms in total. The van der Waals surface area contributed by atoms with E-state index >= 15 is 0 Å². The fraction of sp³-hybridized carbons (Fsp3) is 0.116. The third-order valence-electron chi connectivity index (χ3n) is 8.77. The second-order valence-corrected chi connectivity index (χ2v) is 13.1. The van der Waals surface area contributed by atoms with Crippen LogP contribution >= 0.6 is 0 Å². The maximum Gasteiger partial charge on any atom is 0.267 e. The average molecular weight is 818 g/mol. The predicted octanol–water partition coefficient (Wildman–Crippen LogP) is 9.71. The summed E-state index contributed by atoms with van der Waals surface area (Å²) in [5.41, 5.74) is 8.67. The molecule has 0 spiro atoms. The van der Waals surface area contributed by atoms with Crippen LogP contribution in [0.25, 0.3) is 50.1 Å². The number of aryl methyl sites for hydroxylation is 1. The minimum atomic E-state index is -0.00245. The molecular weight excluding hydrogens is 784 g/mol. The van der Waals surface area contributed by atoms with Crippen molar-refractivity contribution in [3.05, 3.63) is 163 Å². The minimum Gasteiger partial charge on any atom is -0.510 e. The molecule has 0 N–H and O–H groups in total. The van der Waals surface area contributed by atoms with Crippen LogP contribution in [0.1, 0.15) is 31.9 Å². The van der Waals surface area contributed by atoms with E-state index in [4.69, 9.17) is 9.72 Å². The van der Waals surface area contributed by atoms with E-state index in [9.17, 15) is 0 Å². The molecule has 0 aliphatic heterocycles. The standard InChI is InChI=1S/C43H34N4O.Pt/c1-30-25-32(31-11-6-5-7-12-31)17-20-39(30)46-24-23-45(29-46)34-13-10-14-35(27-34)48-36-18-19-38-37-15-8-9-16-40(37)47(41(38)28-36)42-26-33(21-22-44-42)43(2,3)4;/h5-26H,1-4H3;/q-2;. The Morgan fingerprint density at radius 2 is 1.53 bits per heavy atom. The van der Waals surface area contributed by atoms with E-state index in [1.54, 1.807) is 0 Å². The third kappa shape index (κ3) is 6.23. The first-order valence-electron chi connectivity index (χ1n) is 16.1. The van der Waals surface area contributed by atoms with Gasteiger partial charge in [-0.15, -0.1) is 29.7 Å². The van der Waals surface area contributed by atoms with Crippen molar-refractivity contribution in [2.24, 2.45) is 0 Å². The maximum absolute atomic E-state index is 6.40. The van der Waals surface area contributed by atoms with Gasteiger partial charge in [-0.25, -0.2) is 4.98 Å². The molecule has 0 unspecified atom stereocenters. The molecule has 8 rings (SSSR count). The molecule has 0 fully saturated rings. The second kappa shape index (κ2) is 13.0. The van der Waals surface area contributed by atoms with Crippen LogP contribution in [-0.4, -0.2) is 14.1 Å². The number of aromatic nitrogens is 4. The molecule has 8 aromatic rings. The summed E-state index contributed by atoms with van der Waals surface area (Å²) < 4.78 is 12.5. The van der Waals surface area contributed by atoms with Gasteiger partial charge in [0.1, 0.15) is 5.82 Å². The van der Waals surface area contributed by atoms with E-state index in [1.807, 2.05) is 58.1 Å². The molecule has 3 aromatic heterocycles. The van der Waals surface area contributed by atoms with Crippen LogP contribution in [0.15, 0.2) is 134 Å². The number of hydrogen-bond acceptors (Lipinski definition) is 2. The number of imidazole rings is 1. The van der Waals surface area contributed by atoms with Crippen LogP contribution in [-0.2, 0) is 26.5 Å². The van der Waals surface area contributed by atoms with Crippen molar-refractivity contribution in [3.63, 3.8) is 0 Å². The monoisotopic (exact) mass is 817 g/mol. The zero-order valence-electron chi connectivity index (χ0n) is 27.7. The predicted molar refractivity (Wildman–Crippen MR) is 191 cm³/mol. The normalized spacial score (nSPS) is 11.5. The SMILES string of the molecule is Cc1cc(-c2ccccc2)ccc1-[n+]1[c-]n(-c2[c-]c(Oc3[c-]c4c(cc3)c3ccccc3n4-c3cc(C(C)(C)C)ccn3)ccc2)cc1.[Pt]. The first kappa shape index (κ1) is 32.3. The Labute approximate surface area is 301 Å². The summed E-state index contributed by atoms with van der Waals surface area (Å²) in [5.74, 6) is 2.06. The average Bonchev–Trinajstić information content (AvgIpc) is 3.72. The fourth-order valence-electron chi connectivity index (χ4n) is 6.25. The van der Waals surface area contributed by atoms with E-state index in [-0.39, 0.29) is 26.5 Å². The number of para-hydroxylation sites is 1. The third-order valence-corrected chi connectivity index (χ3v) is 8.77. The van der Waals surface area contributed by atoms with Gasteiger partial charge in [0, 0.05) is 56.7 Å². The zero-order chi connectivity index (χ0) is 32.8. The number of ether oxygens (including phenoxy) is 1. The van der Waals surface area contributed by atoms with Gasteiger partial charge in [0.2, 0.25) is 0 Å². The Balaban J connectivity index is 0.00000378. The largest absolute Gasteiger partial charge is 0.510 e. The zero-order valence-corrected chi connectivity index (χ0v) is 30.0. The van der Waals surface area contributed by atoms with Gasteiger partial charge < -0.3 is 13.9 Å². The van der Waals surface area contributed by atoms with Gasteiger partial charge in [0.25, 0.3) is 6.33 Å². The van der Waals surface area contributed by atoms with Crippen molar-refractivity contribution < 1.29 is 30.4 Å². The molecule has 0 atom stereocenters. The van der Waals surface area contributed by atoms with Crippen molar-refractivity contribution in [3.8, 4) is 39.8 Å². The molecule has 0 saturated carbocycles. The molecule has 0 saturated heterocycles. The van der Waals surface area contributed by atoms with Crippen molar-refractivity contribution in [1.29, 1.82) is 0 Å². The number of benzene rings is 5. The van der Waals surface area contributed by atoms with E-state index in [0.29, 0.717) is 11.5 Å². The van der Waals surface area contributed by atoms with Gasteiger partial charge in [-0.3, -0.25) is 4.57 Å². The number of hydrogen-bond donors (Lipinski definition) is 0. The number of rotatable bonds is 6. The molecule has 0 bridgehead atoms. The Bertz CT molecular complexity index is 2440. The van der Waals surface area contributed by atoms with Gasteiger partial charge in [-0.05, 0) is 69.9 Å². The maximum atomic E-state index is 6.40. The summed E-state index contributed by atoms with van der Waals surface area (Å²) in [7, 11) is 0. The number of fused-ring (bicyclic) bond motifs is 3. The van der Waals surface area contributed by atoms with E-state index in [1.165, 1.54) is 22.3 Å². The van der Waals surface area contributed by atoms with E-state index in [0.717, 1.165) is 39.0 Å². The topological polar surface area (TPSA) is 35.9 Å².